The van der Waals surface area contributed by atoms with Crippen LogP contribution in [-0.2, 0) is 5.41 Å². The molecule has 7 aromatic carbocycles. The van der Waals surface area contributed by atoms with Gasteiger partial charge in [-0.05, 0) is 147 Å². The zero-order valence-corrected chi connectivity index (χ0v) is 28.9. The van der Waals surface area contributed by atoms with E-state index in [0.29, 0.717) is 11.8 Å². The van der Waals surface area contributed by atoms with Crippen LogP contribution in [0.4, 0.5) is 17.1 Å². The fraction of sp³-hybridized carbons (Fsp3) is 0.200. The first kappa shape index (κ1) is 29.3. The molecule has 0 aliphatic heterocycles. The lowest BCUT2D eigenvalue weighted by Crippen LogP contribution is -2.55. The minimum absolute atomic E-state index is 0.0828. The molecule has 0 amide bonds. The second-order valence-corrected chi connectivity index (χ2v) is 15.7. The van der Waals surface area contributed by atoms with Gasteiger partial charge in [-0.25, -0.2) is 0 Å². The van der Waals surface area contributed by atoms with Crippen LogP contribution >= 0.6 is 0 Å². The van der Waals surface area contributed by atoms with Gasteiger partial charge in [-0.2, -0.15) is 0 Å². The smallest absolute Gasteiger partial charge is 0.0471 e. The molecule has 0 saturated heterocycles. The summed E-state index contributed by atoms with van der Waals surface area (Å²) >= 11 is 0. The second-order valence-electron chi connectivity index (χ2n) is 15.7. The average molecular weight is 656 g/mol. The fourth-order valence-corrected chi connectivity index (χ4v) is 11.5. The maximum Gasteiger partial charge on any atom is 0.0471 e. The molecule has 1 spiro atoms. The summed E-state index contributed by atoms with van der Waals surface area (Å²) < 4.78 is 0. The Balaban J connectivity index is 1.14. The van der Waals surface area contributed by atoms with Crippen LogP contribution in [0.3, 0.4) is 0 Å². The van der Waals surface area contributed by atoms with E-state index in [2.05, 4.69) is 169 Å². The van der Waals surface area contributed by atoms with Crippen molar-refractivity contribution >= 4 is 27.8 Å². The van der Waals surface area contributed by atoms with Crippen molar-refractivity contribution in [1.82, 2.24) is 0 Å². The molecule has 0 aromatic heterocycles. The molecule has 246 valence electrons. The van der Waals surface area contributed by atoms with Crippen LogP contribution in [0.5, 0.6) is 0 Å². The normalized spacial score (nSPS) is 23.8. The van der Waals surface area contributed by atoms with Crippen LogP contribution in [-0.4, -0.2) is 0 Å². The minimum atomic E-state index is 0.0828. The van der Waals surface area contributed by atoms with Crippen LogP contribution in [0.2, 0.25) is 0 Å². The summed E-state index contributed by atoms with van der Waals surface area (Å²) in [5.41, 5.74) is 15.0. The van der Waals surface area contributed by atoms with Crippen molar-refractivity contribution in [3.05, 3.63) is 175 Å². The predicted molar refractivity (Wildman–Crippen MR) is 213 cm³/mol. The highest BCUT2D eigenvalue weighted by Crippen LogP contribution is 2.70. The summed E-state index contributed by atoms with van der Waals surface area (Å²) in [6, 6.07) is 61.5. The SMILES string of the molecule is c1ccc(-c2cc(N(c3ccccc3)c3ccc(-c4cccc5ccccc45)cc3)cc3c2-c2ccccc2C32C3CC4CC(C3)CC2C4)cc1. The maximum absolute atomic E-state index is 2.63. The van der Waals surface area contributed by atoms with Crippen LogP contribution in [0.15, 0.2) is 164 Å². The van der Waals surface area contributed by atoms with Gasteiger partial charge in [0.2, 0.25) is 0 Å². The van der Waals surface area contributed by atoms with E-state index in [1.807, 2.05) is 0 Å². The quantitative estimate of drug-likeness (QED) is 0.178. The molecule has 1 heteroatoms. The Morgan fingerprint density at radius 1 is 0.412 bits per heavy atom. The summed E-state index contributed by atoms with van der Waals surface area (Å²) in [6.07, 6.45) is 6.98. The first-order chi connectivity index (χ1) is 25.3. The number of hydrogen-bond acceptors (Lipinski definition) is 1. The van der Waals surface area contributed by atoms with E-state index >= 15 is 0 Å². The summed E-state index contributed by atoms with van der Waals surface area (Å²) in [5, 5.41) is 2.57. The molecule has 0 atom stereocenters. The molecule has 7 aromatic rings. The Morgan fingerprint density at radius 2 is 1.00 bits per heavy atom. The Labute approximate surface area is 301 Å². The average Bonchev–Trinajstić information content (AvgIpc) is 3.48. The van der Waals surface area contributed by atoms with Crippen LogP contribution in [0.25, 0.3) is 44.2 Å². The first-order valence-electron chi connectivity index (χ1n) is 19.0. The minimum Gasteiger partial charge on any atom is -0.310 e. The van der Waals surface area contributed by atoms with Gasteiger partial charge in [0.05, 0.1) is 0 Å². The molecule has 51 heavy (non-hydrogen) atoms. The van der Waals surface area contributed by atoms with Gasteiger partial charge in [0.1, 0.15) is 0 Å². The number of nitrogens with zero attached hydrogens (tertiary/aromatic N) is 1. The van der Waals surface area contributed by atoms with Crippen molar-refractivity contribution < 1.29 is 0 Å². The molecular weight excluding hydrogens is 615 g/mol. The van der Waals surface area contributed by atoms with Gasteiger partial charge in [0, 0.05) is 22.5 Å². The van der Waals surface area contributed by atoms with Crippen molar-refractivity contribution in [2.75, 3.05) is 4.90 Å². The molecule has 5 aliphatic carbocycles. The highest BCUT2D eigenvalue weighted by molar-refractivity contribution is 5.98. The molecule has 5 aliphatic rings. The molecule has 0 N–H and O–H groups in total. The Kier molecular flexibility index (Phi) is 6.50. The second kappa shape index (κ2) is 11.3. The van der Waals surface area contributed by atoms with Crippen molar-refractivity contribution in [2.24, 2.45) is 23.7 Å². The van der Waals surface area contributed by atoms with Crippen LogP contribution in [0, 0.1) is 23.7 Å². The van der Waals surface area contributed by atoms with Crippen LogP contribution in [0.1, 0.15) is 43.2 Å². The van der Waals surface area contributed by atoms with E-state index in [-0.39, 0.29) is 5.41 Å². The van der Waals surface area contributed by atoms with Gasteiger partial charge in [-0.3, -0.25) is 0 Å². The van der Waals surface area contributed by atoms with Gasteiger partial charge in [0.25, 0.3) is 0 Å². The molecule has 12 rings (SSSR count). The lowest BCUT2D eigenvalue weighted by Gasteiger charge is -2.61. The van der Waals surface area contributed by atoms with E-state index in [4.69, 9.17) is 0 Å². The standard InChI is InChI=1S/C50H41N/c1-3-12-36(13-4-1)46-31-42(32-48-49(46)45-19-9-10-21-47(45)50(48)38-27-33-26-34(29-38)30-39(50)28-33)51(40-16-5-2-6-17-40)41-24-22-37(23-25-41)44-20-11-15-35-14-7-8-18-43(35)44/h1-25,31-34,38-39H,26-30H2. The summed E-state index contributed by atoms with van der Waals surface area (Å²) in [7, 11) is 0. The molecular formula is C50H41N. The summed E-state index contributed by atoms with van der Waals surface area (Å²) in [5.74, 6) is 3.24. The van der Waals surface area contributed by atoms with Gasteiger partial charge in [-0.1, -0.05) is 127 Å². The Morgan fingerprint density at radius 3 is 1.76 bits per heavy atom. The zero-order chi connectivity index (χ0) is 33.5. The number of fused-ring (bicyclic) bond motifs is 4. The number of hydrogen-bond donors (Lipinski definition) is 0. The van der Waals surface area contributed by atoms with Gasteiger partial charge in [0.15, 0.2) is 0 Å². The van der Waals surface area contributed by atoms with E-state index in [1.165, 1.54) is 93.3 Å². The topological polar surface area (TPSA) is 3.24 Å². The van der Waals surface area contributed by atoms with Crippen LogP contribution < -0.4 is 4.90 Å². The van der Waals surface area contributed by atoms with Gasteiger partial charge >= 0.3 is 0 Å². The number of rotatable bonds is 5. The number of para-hydroxylation sites is 1. The summed E-state index contributed by atoms with van der Waals surface area (Å²) in [6.45, 7) is 0. The molecule has 0 heterocycles. The van der Waals surface area contributed by atoms with E-state index in [1.54, 1.807) is 11.1 Å². The molecule has 4 bridgehead atoms. The third kappa shape index (κ3) is 4.34. The molecule has 4 fully saturated rings. The van der Waals surface area contributed by atoms with E-state index in [9.17, 15) is 0 Å². The van der Waals surface area contributed by atoms with Gasteiger partial charge in [-0.15, -0.1) is 0 Å². The first-order valence-corrected chi connectivity index (χ1v) is 19.0. The Bertz CT molecular complexity index is 2390. The van der Waals surface area contributed by atoms with E-state index in [0.717, 1.165) is 11.8 Å². The lowest BCUT2D eigenvalue weighted by atomic mass is 9.43. The fourth-order valence-electron chi connectivity index (χ4n) is 11.5. The summed E-state index contributed by atoms with van der Waals surface area (Å²) in [4.78, 5) is 2.51. The van der Waals surface area contributed by atoms with Gasteiger partial charge < -0.3 is 4.90 Å². The third-order valence-corrected chi connectivity index (χ3v) is 13.2. The lowest BCUT2D eigenvalue weighted by molar-refractivity contribution is -0.0399. The maximum atomic E-state index is 2.63. The van der Waals surface area contributed by atoms with Crippen molar-refractivity contribution in [3.8, 4) is 33.4 Å². The van der Waals surface area contributed by atoms with E-state index < -0.39 is 0 Å². The molecule has 1 nitrogen and oxygen atoms in total. The predicted octanol–water partition coefficient (Wildman–Crippen LogP) is 13.4. The largest absolute Gasteiger partial charge is 0.310 e. The highest BCUT2D eigenvalue weighted by atomic mass is 15.1. The highest BCUT2D eigenvalue weighted by Gasteiger charge is 2.62. The zero-order valence-electron chi connectivity index (χ0n) is 28.9. The molecule has 0 unspecified atom stereocenters. The molecule has 0 radical (unpaired) electrons. The van der Waals surface area contributed by atoms with Crippen molar-refractivity contribution in [1.29, 1.82) is 0 Å². The number of anilines is 3. The Hall–Kier alpha value is -5.40. The third-order valence-electron chi connectivity index (χ3n) is 13.2. The monoisotopic (exact) mass is 655 g/mol. The van der Waals surface area contributed by atoms with Crippen molar-refractivity contribution in [2.45, 2.75) is 37.5 Å². The number of benzene rings is 7. The molecule has 4 saturated carbocycles. The van der Waals surface area contributed by atoms with Crippen molar-refractivity contribution in [3.63, 3.8) is 0 Å².